The van der Waals surface area contributed by atoms with Gasteiger partial charge in [0.25, 0.3) is 0 Å². The van der Waals surface area contributed by atoms with E-state index in [0.29, 0.717) is 0 Å². The van der Waals surface area contributed by atoms with Gasteiger partial charge < -0.3 is 0 Å². The molecule has 1 aliphatic rings. The molecule has 0 radical (unpaired) electrons. The normalized spacial score (nSPS) is 20.1. The molecule has 1 heteroatoms. The molecule has 1 nitrogen and oxygen atoms in total. The lowest BCUT2D eigenvalue weighted by Crippen LogP contribution is -1.81. The van der Waals surface area contributed by atoms with Gasteiger partial charge >= 0.3 is 0 Å². The molecule has 8 heavy (non-hydrogen) atoms. The zero-order valence-corrected chi connectivity index (χ0v) is 5.43. The van der Waals surface area contributed by atoms with Gasteiger partial charge in [-0.1, -0.05) is 12.8 Å². The fourth-order valence-corrected chi connectivity index (χ4v) is 0.793. The van der Waals surface area contributed by atoms with Crippen molar-refractivity contribution in [1.29, 1.82) is 0 Å². The highest BCUT2D eigenvalue weighted by Crippen LogP contribution is 2.31. The number of hydrogen-bond acceptors (Lipinski definition) is 1. The van der Waals surface area contributed by atoms with Crippen LogP contribution in [0.4, 0.5) is 0 Å². The third-order valence-corrected chi connectivity index (χ3v) is 1.55. The first kappa shape index (κ1) is 5.80. The quantitative estimate of drug-likeness (QED) is 0.493. The Hall–Kier alpha value is -0.330. The Morgan fingerprint density at radius 1 is 1.62 bits per heavy atom. The molecule has 0 aromatic rings. The minimum atomic E-state index is 1.04. The van der Waals surface area contributed by atoms with E-state index in [1.54, 1.807) is 0 Å². The average molecular weight is 111 g/mol. The second kappa shape index (κ2) is 2.85. The maximum Gasteiger partial charge on any atom is 0.0387 e. The van der Waals surface area contributed by atoms with Crippen LogP contribution < -0.4 is 0 Å². The van der Waals surface area contributed by atoms with Gasteiger partial charge in [0.1, 0.15) is 0 Å². The van der Waals surface area contributed by atoms with Crippen LogP contribution in [0.25, 0.3) is 0 Å². The Balaban J connectivity index is 1.88. The lowest BCUT2D eigenvalue weighted by Gasteiger charge is -1.87. The van der Waals surface area contributed by atoms with Gasteiger partial charge in [-0.15, -0.1) is 0 Å². The molecule has 0 atom stereocenters. The first-order valence-electron chi connectivity index (χ1n) is 3.38. The highest BCUT2D eigenvalue weighted by molar-refractivity contribution is 5.53. The molecule has 0 N–H and O–H groups in total. The zero-order valence-electron chi connectivity index (χ0n) is 5.43. The summed E-state index contributed by atoms with van der Waals surface area (Å²) in [7, 11) is 0. The lowest BCUT2D eigenvalue weighted by molar-refractivity contribution is 0.741. The summed E-state index contributed by atoms with van der Waals surface area (Å²) in [4.78, 5) is 4.13. The molecule has 0 aromatic heterocycles. The topological polar surface area (TPSA) is 12.4 Å². The summed E-state index contributed by atoms with van der Waals surface area (Å²) in [6.07, 6.45) is 6.13. The molecule has 0 heterocycles. The fourth-order valence-electron chi connectivity index (χ4n) is 0.793. The Labute approximate surface area is 50.8 Å². The smallest absolute Gasteiger partial charge is 0.0387 e. The molecule has 46 valence electrons. The summed E-state index contributed by atoms with van der Waals surface area (Å²) in [5.74, 6) is 1.04. The average Bonchev–Trinajstić information content (AvgIpc) is 2.51. The summed E-state index contributed by atoms with van der Waals surface area (Å²) in [5.41, 5.74) is 0. The number of rotatable bonds is 3. The predicted octanol–water partition coefficient (Wildman–Crippen LogP) is 1.88. The second-order valence-electron chi connectivity index (χ2n) is 2.40. The molecular formula is C7H13N. The van der Waals surface area contributed by atoms with Crippen LogP contribution in [0, 0.1) is 5.92 Å². The third-order valence-electron chi connectivity index (χ3n) is 1.55. The molecule has 0 spiro atoms. The molecule has 0 bridgehead atoms. The van der Waals surface area contributed by atoms with Crippen molar-refractivity contribution in [2.24, 2.45) is 10.9 Å². The van der Waals surface area contributed by atoms with Crippen LogP contribution in [0.15, 0.2) is 4.99 Å². The van der Waals surface area contributed by atoms with E-state index in [-0.39, 0.29) is 0 Å². The molecule has 0 unspecified atom stereocenters. The maximum absolute atomic E-state index is 4.13. The molecule has 0 aromatic carbocycles. The Morgan fingerprint density at radius 2 is 2.38 bits per heavy atom. The zero-order chi connectivity index (χ0) is 5.82. The van der Waals surface area contributed by atoms with Crippen molar-refractivity contribution in [2.75, 3.05) is 6.54 Å². The Kier molecular flexibility index (Phi) is 2.07. The summed E-state index contributed by atoms with van der Waals surface area (Å²) >= 11 is 0. The molecule has 0 aliphatic heterocycles. The van der Waals surface area contributed by atoms with Crippen molar-refractivity contribution in [3.63, 3.8) is 0 Å². The first-order valence-corrected chi connectivity index (χ1v) is 3.38. The molecule has 1 aliphatic carbocycles. The molecule has 1 rings (SSSR count). The van der Waals surface area contributed by atoms with Gasteiger partial charge in [-0.05, 0) is 25.5 Å². The van der Waals surface area contributed by atoms with Gasteiger partial charge in [0.15, 0.2) is 0 Å². The molecule has 0 saturated heterocycles. The van der Waals surface area contributed by atoms with Crippen molar-refractivity contribution < 1.29 is 0 Å². The van der Waals surface area contributed by atoms with Crippen LogP contribution in [-0.2, 0) is 0 Å². The number of hydrogen-bond donors (Lipinski definition) is 0. The standard InChI is InChI=1S/C7H13N/c1-2-8-6-5-7-3-4-7/h2,7H,3-6H2,1H3. The Bertz CT molecular complexity index is 82.4. The summed E-state index contributed by atoms with van der Waals surface area (Å²) in [5, 5.41) is 0. The van der Waals surface area contributed by atoms with Gasteiger partial charge in [-0.25, -0.2) is 0 Å². The SMILES string of the molecule is CC=NCCC1CC1. The van der Waals surface area contributed by atoms with Gasteiger partial charge in [-0.3, -0.25) is 4.99 Å². The van der Waals surface area contributed by atoms with E-state index in [1.807, 2.05) is 13.1 Å². The summed E-state index contributed by atoms with van der Waals surface area (Å²) < 4.78 is 0. The highest BCUT2D eigenvalue weighted by atomic mass is 14.7. The molecular weight excluding hydrogens is 98.1 g/mol. The van der Waals surface area contributed by atoms with E-state index in [0.717, 1.165) is 12.5 Å². The van der Waals surface area contributed by atoms with Crippen molar-refractivity contribution in [3.05, 3.63) is 0 Å². The Morgan fingerprint density at radius 3 is 2.88 bits per heavy atom. The van der Waals surface area contributed by atoms with Crippen LogP contribution in [0.2, 0.25) is 0 Å². The van der Waals surface area contributed by atoms with E-state index in [1.165, 1.54) is 19.3 Å². The van der Waals surface area contributed by atoms with E-state index < -0.39 is 0 Å². The first-order chi connectivity index (χ1) is 3.93. The largest absolute Gasteiger partial charge is 0.298 e. The summed E-state index contributed by atoms with van der Waals surface area (Å²) in [6.45, 7) is 3.04. The molecule has 1 saturated carbocycles. The van der Waals surface area contributed by atoms with Crippen molar-refractivity contribution in [3.8, 4) is 0 Å². The van der Waals surface area contributed by atoms with Crippen LogP contribution >= 0.6 is 0 Å². The number of nitrogens with zero attached hydrogens (tertiary/aromatic N) is 1. The number of aliphatic imine (C=N–C) groups is 1. The maximum atomic E-state index is 4.13. The van der Waals surface area contributed by atoms with E-state index in [9.17, 15) is 0 Å². The van der Waals surface area contributed by atoms with Crippen LogP contribution in [0.1, 0.15) is 26.2 Å². The van der Waals surface area contributed by atoms with Gasteiger partial charge in [0, 0.05) is 6.54 Å². The van der Waals surface area contributed by atoms with Crippen molar-refractivity contribution in [2.45, 2.75) is 26.2 Å². The van der Waals surface area contributed by atoms with Gasteiger partial charge in [0.2, 0.25) is 0 Å². The highest BCUT2D eigenvalue weighted by Gasteiger charge is 2.19. The van der Waals surface area contributed by atoms with E-state index >= 15 is 0 Å². The van der Waals surface area contributed by atoms with Crippen LogP contribution in [0.5, 0.6) is 0 Å². The third kappa shape index (κ3) is 2.10. The minimum Gasteiger partial charge on any atom is -0.298 e. The second-order valence-corrected chi connectivity index (χ2v) is 2.40. The predicted molar refractivity (Wildman–Crippen MR) is 36.4 cm³/mol. The van der Waals surface area contributed by atoms with Crippen LogP contribution in [0.3, 0.4) is 0 Å². The van der Waals surface area contributed by atoms with E-state index in [2.05, 4.69) is 4.99 Å². The van der Waals surface area contributed by atoms with E-state index in [4.69, 9.17) is 0 Å². The monoisotopic (exact) mass is 111 g/mol. The lowest BCUT2D eigenvalue weighted by atomic mass is 10.3. The fraction of sp³-hybridized carbons (Fsp3) is 0.857. The van der Waals surface area contributed by atoms with Gasteiger partial charge in [-0.2, -0.15) is 0 Å². The van der Waals surface area contributed by atoms with Crippen molar-refractivity contribution in [1.82, 2.24) is 0 Å². The minimum absolute atomic E-state index is 1.04. The summed E-state index contributed by atoms with van der Waals surface area (Å²) in [6, 6.07) is 0. The van der Waals surface area contributed by atoms with Crippen molar-refractivity contribution >= 4 is 6.21 Å². The van der Waals surface area contributed by atoms with Gasteiger partial charge in [0.05, 0.1) is 0 Å². The van der Waals surface area contributed by atoms with Crippen LogP contribution in [-0.4, -0.2) is 12.8 Å². The molecule has 0 amide bonds. The molecule has 1 fully saturated rings.